The van der Waals surface area contributed by atoms with Gasteiger partial charge in [-0.3, -0.25) is 19.7 Å². The summed E-state index contributed by atoms with van der Waals surface area (Å²) < 4.78 is 0. The second-order valence-electron chi connectivity index (χ2n) is 5.18. The van der Waals surface area contributed by atoms with Crippen LogP contribution < -0.4 is 5.73 Å². The number of nitro groups is 1. The summed E-state index contributed by atoms with van der Waals surface area (Å²) in [5.41, 5.74) is 5.98. The molecule has 2 N–H and O–H groups in total. The minimum Gasteiger partial charge on any atom is -0.369 e. The molecule has 7 heteroatoms. The van der Waals surface area contributed by atoms with E-state index in [-0.39, 0.29) is 23.4 Å². The first-order chi connectivity index (χ1) is 10.5. The molecule has 2 rings (SSSR count). The van der Waals surface area contributed by atoms with Crippen LogP contribution in [0.5, 0.6) is 0 Å². The maximum absolute atomic E-state index is 12.0. The Hall–Kier alpha value is -2.70. The lowest BCUT2D eigenvalue weighted by Gasteiger charge is -2.29. The highest BCUT2D eigenvalue weighted by Crippen LogP contribution is 2.17. The monoisotopic (exact) mass is 303 g/mol. The molecule has 1 aromatic rings. The number of nitrogens with zero attached hydrogens (tertiary/aromatic N) is 2. The minimum atomic E-state index is -0.471. The Balaban J connectivity index is 1.91. The SMILES string of the molecule is NC(=O)C1CCN(C(=O)C=Cc2ccc([N+](=O)[O-])cc2)CC1. The molecule has 1 fully saturated rings. The molecule has 116 valence electrons. The number of carbonyl (C=O) groups is 2. The Kier molecular flexibility index (Phi) is 4.88. The second-order valence-corrected chi connectivity index (χ2v) is 5.18. The van der Waals surface area contributed by atoms with Gasteiger partial charge in [0.2, 0.25) is 11.8 Å². The van der Waals surface area contributed by atoms with Gasteiger partial charge in [0, 0.05) is 37.2 Å². The van der Waals surface area contributed by atoms with Gasteiger partial charge in [-0.05, 0) is 36.6 Å². The maximum Gasteiger partial charge on any atom is 0.269 e. The molecular weight excluding hydrogens is 286 g/mol. The molecule has 0 spiro atoms. The zero-order valence-corrected chi connectivity index (χ0v) is 12.0. The third-order valence-electron chi connectivity index (χ3n) is 3.73. The third kappa shape index (κ3) is 3.91. The molecule has 7 nitrogen and oxygen atoms in total. The number of amides is 2. The molecule has 0 atom stereocenters. The third-order valence-corrected chi connectivity index (χ3v) is 3.73. The van der Waals surface area contributed by atoms with E-state index in [0.717, 1.165) is 0 Å². The first-order valence-electron chi connectivity index (χ1n) is 6.98. The van der Waals surface area contributed by atoms with Crippen LogP contribution in [-0.4, -0.2) is 34.7 Å². The van der Waals surface area contributed by atoms with E-state index in [0.29, 0.717) is 31.5 Å². The number of nitrogens with two attached hydrogens (primary N) is 1. The van der Waals surface area contributed by atoms with Crippen LogP contribution in [0.25, 0.3) is 6.08 Å². The van der Waals surface area contributed by atoms with Crippen molar-refractivity contribution >= 4 is 23.6 Å². The van der Waals surface area contributed by atoms with Crippen LogP contribution in [0.15, 0.2) is 30.3 Å². The predicted octanol–water partition coefficient (Wildman–Crippen LogP) is 1.33. The van der Waals surface area contributed by atoms with Crippen LogP contribution in [0.2, 0.25) is 0 Å². The number of hydrogen-bond acceptors (Lipinski definition) is 4. The predicted molar refractivity (Wildman–Crippen MR) is 80.6 cm³/mol. The van der Waals surface area contributed by atoms with E-state index in [2.05, 4.69) is 0 Å². The summed E-state index contributed by atoms with van der Waals surface area (Å²) in [6.07, 6.45) is 4.23. The summed E-state index contributed by atoms with van der Waals surface area (Å²) in [5, 5.41) is 10.6. The molecule has 1 aliphatic rings. The number of hydrogen-bond donors (Lipinski definition) is 1. The van der Waals surface area contributed by atoms with E-state index < -0.39 is 4.92 Å². The molecule has 0 aliphatic carbocycles. The van der Waals surface area contributed by atoms with Gasteiger partial charge in [-0.2, -0.15) is 0 Å². The van der Waals surface area contributed by atoms with Crippen molar-refractivity contribution in [3.05, 3.63) is 46.0 Å². The summed E-state index contributed by atoms with van der Waals surface area (Å²) in [7, 11) is 0. The fraction of sp³-hybridized carbons (Fsp3) is 0.333. The summed E-state index contributed by atoms with van der Waals surface area (Å²) in [5.74, 6) is -0.600. The highest BCUT2D eigenvalue weighted by Gasteiger charge is 2.24. The fourth-order valence-electron chi connectivity index (χ4n) is 2.36. The molecular formula is C15H17N3O4. The average Bonchev–Trinajstić information content (AvgIpc) is 2.53. The molecule has 1 heterocycles. The van der Waals surface area contributed by atoms with Crippen LogP contribution in [-0.2, 0) is 9.59 Å². The van der Waals surface area contributed by atoms with Gasteiger partial charge in [-0.1, -0.05) is 0 Å². The number of non-ortho nitro benzene ring substituents is 1. The van der Waals surface area contributed by atoms with Crippen molar-refractivity contribution in [2.45, 2.75) is 12.8 Å². The second kappa shape index (κ2) is 6.84. The van der Waals surface area contributed by atoms with Crippen LogP contribution in [0.4, 0.5) is 5.69 Å². The number of rotatable bonds is 4. The quantitative estimate of drug-likeness (QED) is 0.514. The number of piperidine rings is 1. The van der Waals surface area contributed by atoms with Crippen molar-refractivity contribution in [1.29, 1.82) is 0 Å². The molecule has 0 aromatic heterocycles. The van der Waals surface area contributed by atoms with Crippen molar-refractivity contribution in [2.24, 2.45) is 11.7 Å². The number of likely N-dealkylation sites (tertiary alicyclic amines) is 1. The topological polar surface area (TPSA) is 107 Å². The largest absolute Gasteiger partial charge is 0.369 e. The Labute approximate surface area is 127 Å². The molecule has 1 saturated heterocycles. The van der Waals surface area contributed by atoms with Gasteiger partial charge < -0.3 is 10.6 Å². The van der Waals surface area contributed by atoms with Crippen molar-refractivity contribution in [2.75, 3.05) is 13.1 Å². The number of primary amides is 1. The first kappa shape index (κ1) is 15.7. The molecule has 0 bridgehead atoms. The van der Waals surface area contributed by atoms with E-state index in [1.165, 1.54) is 18.2 Å². The molecule has 1 aromatic carbocycles. The molecule has 22 heavy (non-hydrogen) atoms. The minimum absolute atomic E-state index is 0.0111. The maximum atomic E-state index is 12.0. The van der Waals surface area contributed by atoms with Gasteiger partial charge >= 0.3 is 0 Å². The molecule has 0 saturated carbocycles. The zero-order chi connectivity index (χ0) is 16.1. The Morgan fingerprint density at radius 2 is 1.82 bits per heavy atom. The Morgan fingerprint density at radius 1 is 1.23 bits per heavy atom. The van der Waals surface area contributed by atoms with Gasteiger partial charge in [0.1, 0.15) is 0 Å². The molecule has 1 aliphatic heterocycles. The van der Waals surface area contributed by atoms with Crippen LogP contribution in [0, 0.1) is 16.0 Å². The average molecular weight is 303 g/mol. The van der Waals surface area contributed by atoms with Crippen LogP contribution >= 0.6 is 0 Å². The smallest absolute Gasteiger partial charge is 0.269 e. The number of carbonyl (C=O) groups excluding carboxylic acids is 2. The van der Waals surface area contributed by atoms with Crippen molar-refractivity contribution in [3.8, 4) is 0 Å². The normalized spacial score (nSPS) is 15.9. The molecule has 0 radical (unpaired) electrons. The first-order valence-corrected chi connectivity index (χ1v) is 6.98. The van der Waals surface area contributed by atoms with Gasteiger partial charge in [0.25, 0.3) is 5.69 Å². The van der Waals surface area contributed by atoms with E-state index in [4.69, 9.17) is 5.73 Å². The van der Waals surface area contributed by atoms with E-state index in [1.54, 1.807) is 23.1 Å². The van der Waals surface area contributed by atoms with E-state index >= 15 is 0 Å². The lowest BCUT2D eigenvalue weighted by molar-refractivity contribution is -0.384. The van der Waals surface area contributed by atoms with E-state index in [1.807, 2.05) is 0 Å². The van der Waals surface area contributed by atoms with Crippen molar-refractivity contribution in [1.82, 2.24) is 4.90 Å². The summed E-state index contributed by atoms with van der Waals surface area (Å²) in [6.45, 7) is 1.02. The Morgan fingerprint density at radius 3 is 2.32 bits per heavy atom. The lowest BCUT2D eigenvalue weighted by atomic mass is 9.96. The number of benzene rings is 1. The molecule has 0 unspecified atom stereocenters. The standard InChI is InChI=1S/C15H17N3O4/c16-15(20)12-7-9-17(10-8-12)14(19)6-3-11-1-4-13(5-2-11)18(21)22/h1-6,12H,7-10H2,(H2,16,20). The summed E-state index contributed by atoms with van der Waals surface area (Å²) in [4.78, 5) is 34.9. The van der Waals surface area contributed by atoms with Crippen LogP contribution in [0.3, 0.4) is 0 Å². The highest BCUT2D eigenvalue weighted by molar-refractivity contribution is 5.92. The Bertz CT molecular complexity index is 602. The fourth-order valence-corrected chi connectivity index (χ4v) is 2.36. The van der Waals surface area contributed by atoms with Crippen LogP contribution in [0.1, 0.15) is 18.4 Å². The summed E-state index contributed by atoms with van der Waals surface area (Å²) in [6, 6.07) is 5.95. The van der Waals surface area contributed by atoms with Gasteiger partial charge in [0.05, 0.1) is 4.92 Å². The zero-order valence-electron chi connectivity index (χ0n) is 12.0. The molecule has 2 amide bonds. The van der Waals surface area contributed by atoms with Crippen molar-refractivity contribution in [3.63, 3.8) is 0 Å². The lowest BCUT2D eigenvalue weighted by Crippen LogP contribution is -2.41. The van der Waals surface area contributed by atoms with Gasteiger partial charge in [-0.15, -0.1) is 0 Å². The van der Waals surface area contributed by atoms with Crippen molar-refractivity contribution < 1.29 is 14.5 Å². The number of nitro benzene ring substituents is 1. The van der Waals surface area contributed by atoms with Gasteiger partial charge in [0.15, 0.2) is 0 Å². The van der Waals surface area contributed by atoms with E-state index in [9.17, 15) is 19.7 Å². The summed E-state index contributed by atoms with van der Waals surface area (Å²) >= 11 is 0. The van der Waals surface area contributed by atoms with Gasteiger partial charge in [-0.25, -0.2) is 0 Å². The highest BCUT2D eigenvalue weighted by atomic mass is 16.6.